The minimum Gasteiger partial charge on any atom is -0.326 e. The summed E-state index contributed by atoms with van der Waals surface area (Å²) in [7, 11) is -0.419. The van der Waals surface area contributed by atoms with Gasteiger partial charge in [0.25, 0.3) is 0 Å². The highest BCUT2D eigenvalue weighted by Crippen LogP contribution is 2.19. The minimum absolute atomic E-state index is 0.0568. The lowest BCUT2D eigenvalue weighted by molar-refractivity contribution is -0.116. The lowest BCUT2D eigenvalue weighted by atomic mass is 10.1. The molecule has 0 aliphatic heterocycles. The Morgan fingerprint density at radius 2 is 1.68 bits per heavy atom. The highest BCUT2D eigenvalue weighted by molar-refractivity contribution is 7.89. The highest BCUT2D eigenvalue weighted by Gasteiger charge is 2.16. The molecule has 0 spiro atoms. The van der Waals surface area contributed by atoms with E-state index in [0.717, 1.165) is 22.4 Å². The number of rotatable bonds is 6. The Kier molecular flexibility index (Phi) is 5.98. The molecule has 0 saturated heterocycles. The molecule has 0 heterocycles. The van der Waals surface area contributed by atoms with Crippen molar-refractivity contribution in [3.8, 4) is 0 Å². The zero-order chi connectivity index (χ0) is 18.6. The van der Waals surface area contributed by atoms with Crippen molar-refractivity contribution in [3.05, 3.63) is 59.2 Å². The first-order chi connectivity index (χ1) is 11.7. The molecular weight excluding hydrogens is 336 g/mol. The van der Waals surface area contributed by atoms with Crippen LogP contribution in [0.15, 0.2) is 47.4 Å². The zero-order valence-corrected chi connectivity index (χ0v) is 15.9. The van der Waals surface area contributed by atoms with E-state index in [-0.39, 0.29) is 10.8 Å². The molecule has 2 aromatic carbocycles. The molecule has 0 fully saturated rings. The Labute approximate surface area is 149 Å². The van der Waals surface area contributed by atoms with Gasteiger partial charge in [-0.15, -0.1) is 0 Å². The van der Waals surface area contributed by atoms with Crippen molar-refractivity contribution in [2.75, 3.05) is 19.4 Å². The average molecular weight is 360 g/mol. The van der Waals surface area contributed by atoms with Crippen LogP contribution in [0.25, 0.3) is 0 Å². The first kappa shape index (κ1) is 19.1. The summed E-state index contributed by atoms with van der Waals surface area (Å²) in [6, 6.07) is 12.5. The van der Waals surface area contributed by atoms with Crippen molar-refractivity contribution in [2.45, 2.75) is 31.6 Å². The standard InChI is InChI=1S/C19H24N2O3S/c1-14-6-5-7-18(15(14)2)20-19(22)13-10-16-8-11-17(12-9-16)25(23,24)21(3)4/h5-9,11-12H,10,13H2,1-4H3,(H,20,22). The monoisotopic (exact) mass is 360 g/mol. The summed E-state index contributed by atoms with van der Waals surface area (Å²) in [6.45, 7) is 3.99. The van der Waals surface area contributed by atoms with Crippen LogP contribution in [0.4, 0.5) is 5.69 Å². The van der Waals surface area contributed by atoms with Gasteiger partial charge < -0.3 is 5.32 Å². The van der Waals surface area contributed by atoms with Crippen LogP contribution in [0.5, 0.6) is 0 Å². The van der Waals surface area contributed by atoms with Crippen LogP contribution in [0.3, 0.4) is 0 Å². The van der Waals surface area contributed by atoms with Gasteiger partial charge in [0, 0.05) is 26.2 Å². The van der Waals surface area contributed by atoms with Gasteiger partial charge in [0.1, 0.15) is 0 Å². The highest BCUT2D eigenvalue weighted by atomic mass is 32.2. The number of anilines is 1. The second kappa shape index (κ2) is 7.80. The van der Waals surface area contributed by atoms with Gasteiger partial charge in [-0.3, -0.25) is 4.79 Å². The van der Waals surface area contributed by atoms with E-state index in [9.17, 15) is 13.2 Å². The zero-order valence-electron chi connectivity index (χ0n) is 15.0. The topological polar surface area (TPSA) is 66.5 Å². The van der Waals surface area contributed by atoms with E-state index in [1.165, 1.54) is 18.4 Å². The summed E-state index contributed by atoms with van der Waals surface area (Å²) >= 11 is 0. The number of nitrogens with one attached hydrogen (secondary N) is 1. The van der Waals surface area contributed by atoms with E-state index in [1.807, 2.05) is 32.0 Å². The van der Waals surface area contributed by atoms with Crippen LogP contribution in [0.1, 0.15) is 23.1 Å². The fourth-order valence-corrected chi connectivity index (χ4v) is 3.30. The predicted octanol–water partition coefficient (Wildman–Crippen LogP) is 3.13. The number of amides is 1. The number of nitrogens with zero attached hydrogens (tertiary/aromatic N) is 1. The molecule has 0 aromatic heterocycles. The fourth-order valence-electron chi connectivity index (χ4n) is 2.40. The molecule has 0 unspecified atom stereocenters. The average Bonchev–Trinajstić information content (AvgIpc) is 2.57. The third-order valence-corrected chi connectivity index (χ3v) is 6.05. The third kappa shape index (κ3) is 4.67. The maximum atomic E-state index is 12.2. The summed E-state index contributed by atoms with van der Waals surface area (Å²) < 4.78 is 25.2. The van der Waals surface area contributed by atoms with Gasteiger partial charge >= 0.3 is 0 Å². The molecule has 0 saturated carbocycles. The van der Waals surface area contributed by atoms with E-state index in [0.29, 0.717) is 12.8 Å². The van der Waals surface area contributed by atoms with Crippen molar-refractivity contribution in [3.63, 3.8) is 0 Å². The number of aryl methyl sites for hydroxylation is 2. The van der Waals surface area contributed by atoms with E-state index in [1.54, 1.807) is 24.3 Å². The Morgan fingerprint density at radius 1 is 1.04 bits per heavy atom. The molecular formula is C19H24N2O3S. The van der Waals surface area contributed by atoms with Crippen molar-refractivity contribution in [1.82, 2.24) is 4.31 Å². The second-order valence-corrected chi connectivity index (χ2v) is 8.38. The Balaban J connectivity index is 1.97. The number of hydrogen-bond donors (Lipinski definition) is 1. The van der Waals surface area contributed by atoms with Gasteiger partial charge in [-0.2, -0.15) is 0 Å². The van der Waals surface area contributed by atoms with Gasteiger partial charge in [0.05, 0.1) is 4.90 Å². The molecule has 134 valence electrons. The van der Waals surface area contributed by atoms with Gasteiger partial charge in [-0.1, -0.05) is 24.3 Å². The number of hydrogen-bond acceptors (Lipinski definition) is 3. The smallest absolute Gasteiger partial charge is 0.242 e. The molecule has 1 N–H and O–H groups in total. The first-order valence-corrected chi connectivity index (χ1v) is 9.53. The molecule has 0 radical (unpaired) electrons. The molecule has 2 rings (SSSR count). The first-order valence-electron chi connectivity index (χ1n) is 8.09. The minimum atomic E-state index is -3.42. The van der Waals surface area contributed by atoms with Gasteiger partial charge in [-0.05, 0) is 55.2 Å². The largest absolute Gasteiger partial charge is 0.326 e. The normalized spacial score (nSPS) is 11.6. The third-order valence-electron chi connectivity index (χ3n) is 4.22. The van der Waals surface area contributed by atoms with Crippen LogP contribution >= 0.6 is 0 Å². The van der Waals surface area contributed by atoms with Crippen molar-refractivity contribution >= 4 is 21.6 Å². The second-order valence-electron chi connectivity index (χ2n) is 6.23. The molecule has 1 amide bonds. The van der Waals surface area contributed by atoms with E-state index in [2.05, 4.69) is 5.32 Å². The van der Waals surface area contributed by atoms with E-state index >= 15 is 0 Å². The maximum absolute atomic E-state index is 12.2. The Bertz CT molecular complexity index is 857. The number of carbonyl (C=O) groups excluding carboxylic acids is 1. The van der Waals surface area contributed by atoms with E-state index in [4.69, 9.17) is 0 Å². The molecule has 25 heavy (non-hydrogen) atoms. The van der Waals surface area contributed by atoms with Crippen molar-refractivity contribution in [1.29, 1.82) is 0 Å². The summed E-state index contributed by atoms with van der Waals surface area (Å²) in [4.78, 5) is 12.4. The lowest BCUT2D eigenvalue weighted by Gasteiger charge is -2.12. The van der Waals surface area contributed by atoms with Gasteiger partial charge in [0.15, 0.2) is 0 Å². The summed E-state index contributed by atoms with van der Waals surface area (Å²) in [5.41, 5.74) is 3.95. The van der Waals surface area contributed by atoms with Crippen molar-refractivity contribution in [2.24, 2.45) is 0 Å². The van der Waals surface area contributed by atoms with Crippen LogP contribution in [-0.2, 0) is 21.2 Å². The molecule has 6 heteroatoms. The summed E-state index contributed by atoms with van der Waals surface area (Å²) in [5.74, 6) is -0.0568. The molecule has 0 atom stereocenters. The molecule has 0 aliphatic rings. The van der Waals surface area contributed by atoms with E-state index < -0.39 is 10.0 Å². The van der Waals surface area contributed by atoms with Gasteiger partial charge in [-0.25, -0.2) is 12.7 Å². The number of sulfonamides is 1. The lowest BCUT2D eigenvalue weighted by Crippen LogP contribution is -2.22. The Hall–Kier alpha value is -2.18. The Morgan fingerprint density at radius 3 is 2.28 bits per heavy atom. The number of carbonyl (C=O) groups is 1. The molecule has 2 aromatic rings. The fraction of sp³-hybridized carbons (Fsp3) is 0.316. The quantitative estimate of drug-likeness (QED) is 0.861. The maximum Gasteiger partial charge on any atom is 0.242 e. The predicted molar refractivity (Wildman–Crippen MR) is 100 cm³/mol. The van der Waals surface area contributed by atoms with Crippen molar-refractivity contribution < 1.29 is 13.2 Å². The van der Waals surface area contributed by atoms with Crippen LogP contribution in [-0.4, -0.2) is 32.7 Å². The molecule has 0 aliphatic carbocycles. The van der Waals surface area contributed by atoms with Crippen LogP contribution in [0.2, 0.25) is 0 Å². The van der Waals surface area contributed by atoms with Gasteiger partial charge in [0.2, 0.25) is 15.9 Å². The van der Waals surface area contributed by atoms with Crippen LogP contribution < -0.4 is 5.32 Å². The number of benzene rings is 2. The summed E-state index contributed by atoms with van der Waals surface area (Å²) in [5, 5.41) is 2.93. The molecule has 0 bridgehead atoms. The molecule has 5 nitrogen and oxygen atoms in total. The summed E-state index contributed by atoms with van der Waals surface area (Å²) in [6.07, 6.45) is 0.895. The SMILES string of the molecule is Cc1cccc(NC(=O)CCc2ccc(S(=O)(=O)N(C)C)cc2)c1C. The van der Waals surface area contributed by atoms with Crippen LogP contribution in [0, 0.1) is 13.8 Å².